The molecule has 0 saturated carbocycles. The fourth-order valence-corrected chi connectivity index (χ4v) is 4.06. The minimum absolute atomic E-state index is 0.0422. The Morgan fingerprint density at radius 3 is 2.71 bits per heavy atom. The molecule has 184 valence electrons. The highest BCUT2D eigenvalue weighted by Crippen LogP contribution is 2.38. The summed E-state index contributed by atoms with van der Waals surface area (Å²) in [5.74, 6) is 0.399. The van der Waals surface area contributed by atoms with Gasteiger partial charge in [0.1, 0.15) is 5.82 Å². The van der Waals surface area contributed by atoms with Crippen LogP contribution in [0.2, 0.25) is 0 Å². The zero-order chi connectivity index (χ0) is 24.3. The molecule has 0 radical (unpaired) electrons. The van der Waals surface area contributed by atoms with Gasteiger partial charge in [0.15, 0.2) is 0 Å². The number of hydrogen-bond acceptors (Lipinski definition) is 8. The number of ether oxygens (including phenoxy) is 2. The van der Waals surface area contributed by atoms with Crippen LogP contribution in [0.25, 0.3) is 11.3 Å². The van der Waals surface area contributed by atoms with Crippen molar-refractivity contribution in [2.24, 2.45) is 5.92 Å². The van der Waals surface area contributed by atoms with Crippen LogP contribution in [0.3, 0.4) is 0 Å². The predicted molar refractivity (Wildman–Crippen MR) is 118 cm³/mol. The molecule has 2 aliphatic rings. The van der Waals surface area contributed by atoms with Crippen molar-refractivity contribution >= 4 is 17.7 Å². The molecule has 0 aromatic carbocycles. The molecule has 2 saturated heterocycles. The van der Waals surface area contributed by atoms with Crippen LogP contribution in [0.4, 0.5) is 24.9 Å². The topological polar surface area (TPSA) is 107 Å². The number of carbonyl (C=O) groups is 1. The Bertz CT molecular complexity index is 1030. The van der Waals surface area contributed by atoms with Crippen molar-refractivity contribution in [3.63, 3.8) is 0 Å². The first kappa shape index (κ1) is 24.0. The van der Waals surface area contributed by atoms with Crippen LogP contribution in [0.15, 0.2) is 18.3 Å². The van der Waals surface area contributed by atoms with Crippen molar-refractivity contribution in [3.05, 3.63) is 23.9 Å². The number of likely N-dealkylation sites (tertiary alicyclic amines) is 1. The molecule has 1 unspecified atom stereocenters. The lowest BCUT2D eigenvalue weighted by Gasteiger charge is -2.27. The van der Waals surface area contributed by atoms with Gasteiger partial charge in [0.05, 0.1) is 31.1 Å². The molecule has 2 fully saturated rings. The van der Waals surface area contributed by atoms with E-state index < -0.39 is 11.7 Å². The van der Waals surface area contributed by atoms with Crippen molar-refractivity contribution in [2.75, 3.05) is 56.6 Å². The minimum atomic E-state index is -4.64. The van der Waals surface area contributed by atoms with E-state index in [2.05, 4.69) is 15.0 Å². The number of alkyl halides is 3. The largest absolute Gasteiger partial charge is 0.477 e. The second-order valence-electron chi connectivity index (χ2n) is 8.30. The average Bonchev–Trinajstić information content (AvgIpc) is 3.31. The fraction of sp³-hybridized carbons (Fsp3) is 0.545. The fourth-order valence-electron chi connectivity index (χ4n) is 4.06. The summed E-state index contributed by atoms with van der Waals surface area (Å²) in [5, 5.41) is 0. The van der Waals surface area contributed by atoms with Gasteiger partial charge in [0.25, 0.3) is 0 Å². The maximum atomic E-state index is 13.7. The van der Waals surface area contributed by atoms with Crippen molar-refractivity contribution in [3.8, 4) is 17.1 Å². The van der Waals surface area contributed by atoms with Crippen LogP contribution in [-0.2, 0) is 15.7 Å². The highest BCUT2D eigenvalue weighted by Gasteiger charge is 2.35. The average molecular weight is 480 g/mol. The van der Waals surface area contributed by atoms with Gasteiger partial charge >= 0.3 is 6.18 Å². The normalized spacial score (nSPS) is 18.9. The van der Waals surface area contributed by atoms with E-state index in [-0.39, 0.29) is 40.7 Å². The maximum absolute atomic E-state index is 13.7. The van der Waals surface area contributed by atoms with Gasteiger partial charge in [-0.2, -0.15) is 18.2 Å². The molecule has 0 bridgehead atoms. The quantitative estimate of drug-likeness (QED) is 0.673. The number of morpholine rings is 1. The molecule has 2 aliphatic heterocycles. The molecule has 1 amide bonds. The third-order valence-electron chi connectivity index (χ3n) is 5.90. The molecule has 2 aromatic rings. The van der Waals surface area contributed by atoms with E-state index >= 15 is 0 Å². The molecular formula is C22H27F3N6O3. The van der Waals surface area contributed by atoms with Crippen LogP contribution in [0.1, 0.15) is 25.3 Å². The summed E-state index contributed by atoms with van der Waals surface area (Å²) >= 11 is 0. The third-order valence-corrected chi connectivity index (χ3v) is 5.90. The van der Waals surface area contributed by atoms with Crippen LogP contribution in [0.5, 0.6) is 5.88 Å². The molecule has 2 N–H and O–H groups in total. The molecule has 0 spiro atoms. The summed E-state index contributed by atoms with van der Waals surface area (Å²) in [6.45, 7) is 5.30. The Hall–Kier alpha value is -3.15. The molecule has 1 atom stereocenters. The van der Waals surface area contributed by atoms with E-state index in [9.17, 15) is 18.0 Å². The third kappa shape index (κ3) is 5.49. The van der Waals surface area contributed by atoms with Gasteiger partial charge in [-0.25, -0.2) is 9.97 Å². The minimum Gasteiger partial charge on any atom is -0.477 e. The molecular weight excluding hydrogens is 453 g/mol. The van der Waals surface area contributed by atoms with Gasteiger partial charge in [-0.3, -0.25) is 4.79 Å². The standard InChI is InChI=1S/C22H27F3N6O3/c1-2-20(32)31-4-3-14(12-31)13-34-19-10-17(28-21(29-19)30-5-7-33-8-6-30)15-11-27-18(26)9-16(15)22(23,24)25/h9-11,14H,2-8,12-13H2,1H3,(H2,26,27). The Morgan fingerprint density at radius 2 is 2.00 bits per heavy atom. The number of hydrogen-bond donors (Lipinski definition) is 1. The van der Waals surface area contributed by atoms with Crippen molar-refractivity contribution in [2.45, 2.75) is 25.9 Å². The Morgan fingerprint density at radius 1 is 1.24 bits per heavy atom. The number of amides is 1. The van der Waals surface area contributed by atoms with E-state index in [0.29, 0.717) is 52.4 Å². The molecule has 4 heterocycles. The van der Waals surface area contributed by atoms with E-state index in [1.165, 1.54) is 6.07 Å². The van der Waals surface area contributed by atoms with E-state index in [1.807, 2.05) is 11.8 Å². The molecule has 2 aromatic heterocycles. The lowest BCUT2D eigenvalue weighted by Crippen LogP contribution is -2.37. The number of nitrogens with zero attached hydrogens (tertiary/aromatic N) is 5. The molecule has 9 nitrogen and oxygen atoms in total. The summed E-state index contributed by atoms with van der Waals surface area (Å²) in [6, 6.07) is 2.18. The summed E-state index contributed by atoms with van der Waals surface area (Å²) in [6.07, 6.45) is -2.34. The van der Waals surface area contributed by atoms with Crippen molar-refractivity contribution in [1.29, 1.82) is 0 Å². The van der Waals surface area contributed by atoms with Crippen LogP contribution >= 0.6 is 0 Å². The SMILES string of the molecule is CCC(=O)N1CCC(COc2cc(-c3cnc(N)cc3C(F)(F)F)nc(N3CCOCC3)n2)C1. The lowest BCUT2D eigenvalue weighted by atomic mass is 10.1. The second kappa shape index (κ2) is 10.00. The number of anilines is 2. The van der Waals surface area contributed by atoms with Crippen molar-refractivity contribution in [1.82, 2.24) is 19.9 Å². The summed E-state index contributed by atoms with van der Waals surface area (Å²) in [5.41, 5.74) is 4.43. The number of nitrogens with two attached hydrogens (primary N) is 1. The smallest absolute Gasteiger partial charge is 0.417 e. The summed E-state index contributed by atoms with van der Waals surface area (Å²) < 4.78 is 52.5. The monoisotopic (exact) mass is 480 g/mol. The first-order valence-corrected chi connectivity index (χ1v) is 11.2. The molecule has 34 heavy (non-hydrogen) atoms. The first-order valence-electron chi connectivity index (χ1n) is 11.2. The Labute approximate surface area is 195 Å². The van der Waals surface area contributed by atoms with Crippen molar-refractivity contribution < 1.29 is 27.4 Å². The van der Waals surface area contributed by atoms with E-state index in [1.54, 1.807) is 4.90 Å². The second-order valence-corrected chi connectivity index (χ2v) is 8.30. The van der Waals surface area contributed by atoms with Gasteiger partial charge in [0.2, 0.25) is 17.7 Å². The lowest BCUT2D eigenvalue weighted by molar-refractivity contribution is -0.137. The predicted octanol–water partition coefficient (Wildman–Crippen LogP) is 2.61. The zero-order valence-corrected chi connectivity index (χ0v) is 18.8. The summed E-state index contributed by atoms with van der Waals surface area (Å²) in [4.78, 5) is 28.3. The molecule has 0 aliphatic carbocycles. The number of rotatable bonds is 6. The van der Waals surface area contributed by atoms with Crippen LogP contribution < -0.4 is 15.4 Å². The Balaban J connectivity index is 1.63. The molecule has 12 heteroatoms. The molecule has 4 rings (SSSR count). The number of aromatic nitrogens is 3. The van der Waals surface area contributed by atoms with Gasteiger partial charge in [-0.05, 0) is 12.5 Å². The van der Waals surface area contributed by atoms with Gasteiger partial charge in [0, 0.05) is 56.3 Å². The highest BCUT2D eigenvalue weighted by atomic mass is 19.4. The first-order chi connectivity index (χ1) is 16.2. The van der Waals surface area contributed by atoms with E-state index in [4.69, 9.17) is 15.2 Å². The van der Waals surface area contributed by atoms with E-state index in [0.717, 1.165) is 18.7 Å². The zero-order valence-electron chi connectivity index (χ0n) is 18.8. The van der Waals surface area contributed by atoms with Crippen LogP contribution in [-0.4, -0.2) is 71.8 Å². The number of pyridine rings is 1. The van der Waals surface area contributed by atoms with Gasteiger partial charge in [-0.15, -0.1) is 0 Å². The number of halogens is 3. The van der Waals surface area contributed by atoms with Gasteiger partial charge < -0.3 is 25.0 Å². The number of nitrogen functional groups attached to an aromatic ring is 1. The van der Waals surface area contributed by atoms with Gasteiger partial charge in [-0.1, -0.05) is 6.92 Å². The highest BCUT2D eigenvalue weighted by molar-refractivity contribution is 5.76. The number of carbonyl (C=O) groups excluding carboxylic acids is 1. The maximum Gasteiger partial charge on any atom is 0.417 e. The summed E-state index contributed by atoms with van der Waals surface area (Å²) in [7, 11) is 0. The Kier molecular flexibility index (Phi) is 7.05. The van der Waals surface area contributed by atoms with Crippen LogP contribution in [0, 0.1) is 5.92 Å².